The van der Waals surface area contributed by atoms with Crippen LogP contribution in [0.3, 0.4) is 0 Å². The van der Waals surface area contributed by atoms with Gasteiger partial charge in [0.05, 0.1) is 34.6 Å². The van der Waals surface area contributed by atoms with Crippen LogP contribution in [0.4, 0.5) is 11.4 Å². The fourth-order valence-corrected chi connectivity index (χ4v) is 11.0. The quantitative estimate of drug-likeness (QED) is 0.160. The minimum Gasteiger partial charge on any atom is -0.457 e. The van der Waals surface area contributed by atoms with Crippen LogP contribution in [0.5, 0.6) is 11.5 Å². The minimum absolute atomic E-state index is 0.165. The zero-order valence-electron chi connectivity index (χ0n) is 49.3. The highest BCUT2D eigenvalue weighted by Gasteiger charge is 2.27. The number of ether oxygens (including phenoxy) is 1. The smallest absolute Gasteiger partial charge is 0.137 e. The first kappa shape index (κ1) is 38.0. The van der Waals surface area contributed by atoms with E-state index in [1.165, 1.54) is 0 Å². The van der Waals surface area contributed by atoms with Gasteiger partial charge in [0.2, 0.25) is 0 Å². The first-order chi connectivity index (χ1) is 38.8. The molecule has 3 aromatic heterocycles. The predicted molar refractivity (Wildman–Crippen MR) is 312 cm³/mol. The van der Waals surface area contributed by atoms with Crippen molar-refractivity contribution >= 4 is 76.5 Å². The molecule has 0 unspecified atom stereocenters. The van der Waals surface area contributed by atoms with Crippen LogP contribution in [0.1, 0.15) is 62.3 Å². The van der Waals surface area contributed by atoms with Crippen LogP contribution in [0.25, 0.3) is 93.2 Å². The van der Waals surface area contributed by atoms with Crippen molar-refractivity contribution in [1.82, 2.24) is 14.1 Å². The van der Waals surface area contributed by atoms with Gasteiger partial charge in [-0.25, -0.2) is 4.98 Å². The Balaban J connectivity index is 1.00. The molecule has 1 aliphatic heterocycles. The van der Waals surface area contributed by atoms with Crippen LogP contribution in [0.2, 0.25) is 0 Å². The Bertz CT molecular complexity index is 4650. The van der Waals surface area contributed by atoms with E-state index in [1.54, 1.807) is 12.3 Å². The van der Waals surface area contributed by atoms with Crippen molar-refractivity contribution in [2.75, 3.05) is 4.90 Å². The number of para-hydroxylation sites is 3. The molecule has 0 amide bonds. The van der Waals surface area contributed by atoms with Crippen LogP contribution >= 0.6 is 0 Å². The lowest BCUT2D eigenvalue weighted by molar-refractivity contribution is 0.411. The van der Waals surface area contributed by atoms with Crippen LogP contribution in [0.15, 0.2) is 218 Å². The summed E-state index contributed by atoms with van der Waals surface area (Å²) in [6.07, 6.45) is 0.0791. The molecule has 0 saturated heterocycles. The fourth-order valence-electron chi connectivity index (χ4n) is 11.0. The van der Waals surface area contributed by atoms with Crippen LogP contribution in [0, 0.1) is 5.41 Å². The van der Waals surface area contributed by atoms with Crippen molar-refractivity contribution in [1.29, 1.82) is 0 Å². The lowest BCUT2D eigenvalue weighted by Gasteiger charge is -2.23. The summed E-state index contributed by atoms with van der Waals surface area (Å²) in [6, 6.07) is 60.8. The second kappa shape index (κ2) is 17.5. The molecule has 0 fully saturated rings. The summed E-state index contributed by atoms with van der Waals surface area (Å²) in [5, 5.41) is 8.53. The number of nitrogens with zero attached hydrogens (tertiary/aromatic N) is 4. The molecule has 360 valence electrons. The number of rotatable bonds is 7. The Kier molecular flexibility index (Phi) is 9.00. The normalized spacial score (nSPS) is 14.2. The van der Waals surface area contributed by atoms with Gasteiger partial charge in [-0.3, -0.25) is 4.57 Å². The highest BCUT2D eigenvalue weighted by Crippen LogP contribution is 2.46. The topological polar surface area (TPSA) is 35.2 Å². The third-order valence-electron chi connectivity index (χ3n) is 14.3. The van der Waals surface area contributed by atoms with E-state index in [4.69, 9.17) is 19.3 Å². The Morgan fingerprint density at radius 2 is 1.15 bits per heavy atom. The summed E-state index contributed by atoms with van der Waals surface area (Å²) < 4.78 is 73.6. The maximum absolute atomic E-state index is 9.11. The summed E-state index contributed by atoms with van der Waals surface area (Å²) >= 11 is 0. The number of fused-ring (bicyclic) bond motifs is 10. The van der Waals surface area contributed by atoms with Gasteiger partial charge >= 0.3 is 0 Å². The summed E-state index contributed by atoms with van der Waals surface area (Å²) in [5.74, 6) is 1.89. The van der Waals surface area contributed by atoms with Crippen molar-refractivity contribution in [2.45, 2.75) is 60.0 Å². The summed E-state index contributed by atoms with van der Waals surface area (Å²) in [6.45, 7) is 12.6. The van der Waals surface area contributed by atoms with Gasteiger partial charge < -0.3 is 14.2 Å². The van der Waals surface area contributed by atoms with Crippen molar-refractivity contribution < 1.29 is 14.3 Å². The predicted octanol–water partition coefficient (Wildman–Crippen LogP) is 18.8. The molecule has 0 N–H and O–H groups in total. The van der Waals surface area contributed by atoms with E-state index in [0.29, 0.717) is 35.1 Å². The summed E-state index contributed by atoms with van der Waals surface area (Å²) in [7, 11) is 0. The molecule has 0 atom stereocenters. The number of hydrogen-bond acceptors (Lipinski definition) is 3. The molecule has 0 spiro atoms. The maximum atomic E-state index is 9.11. The van der Waals surface area contributed by atoms with Gasteiger partial charge in [0.25, 0.3) is 0 Å². The number of benzene rings is 9. The van der Waals surface area contributed by atoms with Crippen molar-refractivity contribution in [3.63, 3.8) is 0 Å². The standard InChI is InChI=1S/C69H58N4O/c1-68(2,3)43-45-35-36-70-65(37-45)73-62-31-15-14-27-58(62)59-34-33-52(42-64(59)73)74-51-22-16-21-50(41-51)71-44-72-66-53(48-38-47(46-19-8-7-9-20-46)39-49(40-48)69(4,5)6)28-17-29-60(66)56-25-12-10-23-54(56)55-24-11-13-26-57(55)61-30-18-32-63(71)67(61)72/h7-42H,43-44H2,1-6H3/i7D,8D,9D,19D,20D,43D2. The Labute approximate surface area is 442 Å². The first-order valence-electron chi connectivity index (χ1n) is 28.8. The Morgan fingerprint density at radius 1 is 0.527 bits per heavy atom. The molecule has 0 aliphatic carbocycles. The maximum Gasteiger partial charge on any atom is 0.137 e. The fraction of sp³-hybridized carbons (Fsp3) is 0.145. The molecule has 74 heavy (non-hydrogen) atoms. The lowest BCUT2D eigenvalue weighted by Crippen LogP contribution is -2.15. The molecule has 13 rings (SSSR count). The number of hydrogen-bond donors (Lipinski definition) is 0. The highest BCUT2D eigenvalue weighted by atomic mass is 16.5. The molecule has 0 bridgehead atoms. The van der Waals surface area contributed by atoms with E-state index < -0.39 is 17.8 Å². The Morgan fingerprint density at radius 3 is 1.88 bits per heavy atom. The minimum atomic E-state index is -1.61. The van der Waals surface area contributed by atoms with Crippen molar-refractivity contribution in [2.24, 2.45) is 5.41 Å². The molecule has 0 saturated carbocycles. The number of pyridine rings is 1. The van der Waals surface area contributed by atoms with E-state index in [0.717, 1.165) is 93.2 Å². The van der Waals surface area contributed by atoms with Gasteiger partial charge in [0.15, 0.2) is 0 Å². The SMILES string of the molecule is [2H]c1c([2H])c([2H])c(-c2cc(-c3cccc4c5ccccc5c5ccccc5c5cccc6c5n(c34)CN6c3cccc(Oc4ccc5c6ccccc6n(-c6cc(C([2H])([2H])C(C)(C)C)ccn6)c5c4)c3)cc(C(C)(C)C)c2)c([2H])c1[2H]. The monoisotopic (exact) mass is 966 g/mol. The molecule has 9 aromatic carbocycles. The van der Waals surface area contributed by atoms with Crippen LogP contribution in [-0.4, -0.2) is 14.1 Å². The van der Waals surface area contributed by atoms with E-state index in [2.05, 4.69) is 156 Å². The molecule has 5 nitrogen and oxygen atoms in total. The van der Waals surface area contributed by atoms with Gasteiger partial charge in [0.1, 0.15) is 24.0 Å². The third kappa shape index (κ3) is 7.91. The number of anilines is 2. The molecule has 1 aliphatic rings. The average Bonchev–Trinajstić information content (AvgIpc) is 4.27. The first-order valence-corrected chi connectivity index (χ1v) is 25.3. The van der Waals surface area contributed by atoms with E-state index >= 15 is 0 Å². The molecule has 12 aromatic rings. The lowest BCUT2D eigenvalue weighted by atomic mass is 9.83. The molecule has 4 heterocycles. The Hall–Kier alpha value is -8.67. The van der Waals surface area contributed by atoms with Gasteiger partial charge in [-0.1, -0.05) is 187 Å². The molecule has 0 radical (unpaired) electrons. The zero-order valence-corrected chi connectivity index (χ0v) is 42.3. The van der Waals surface area contributed by atoms with Crippen LogP contribution < -0.4 is 9.64 Å². The van der Waals surface area contributed by atoms with E-state index in [1.807, 2.05) is 75.4 Å². The summed E-state index contributed by atoms with van der Waals surface area (Å²) in [5.41, 5.74) is 8.76. The van der Waals surface area contributed by atoms with Crippen molar-refractivity contribution in [3.05, 3.63) is 230 Å². The van der Waals surface area contributed by atoms with Gasteiger partial charge in [-0.05, 0) is 121 Å². The van der Waals surface area contributed by atoms with Crippen molar-refractivity contribution in [3.8, 4) is 39.6 Å². The molecular weight excluding hydrogens is 901 g/mol. The van der Waals surface area contributed by atoms with Gasteiger partial charge in [-0.2, -0.15) is 0 Å². The van der Waals surface area contributed by atoms with E-state index in [-0.39, 0.29) is 35.1 Å². The second-order valence-corrected chi connectivity index (χ2v) is 21.4. The third-order valence-corrected chi connectivity index (χ3v) is 14.3. The van der Waals surface area contributed by atoms with E-state index in [9.17, 15) is 0 Å². The second-order valence-electron chi connectivity index (χ2n) is 21.4. The highest BCUT2D eigenvalue weighted by molar-refractivity contribution is 6.22. The zero-order chi connectivity index (χ0) is 56.4. The van der Waals surface area contributed by atoms with Gasteiger partial charge in [-0.15, -0.1) is 0 Å². The molecule has 5 heteroatoms. The summed E-state index contributed by atoms with van der Waals surface area (Å²) in [4.78, 5) is 7.16. The van der Waals surface area contributed by atoms with Gasteiger partial charge in [0, 0.05) is 53.9 Å². The average molecular weight is 966 g/mol. The number of aromatic nitrogens is 3. The van der Waals surface area contributed by atoms with Crippen LogP contribution in [-0.2, 0) is 18.5 Å². The molecular formula is C69H58N4O. The largest absolute Gasteiger partial charge is 0.457 e.